The van der Waals surface area contributed by atoms with Crippen molar-refractivity contribution in [3.63, 3.8) is 0 Å². The molecular formula is C23H25FN6O. The molecule has 0 spiro atoms. The molecule has 5 rings (SSSR count). The summed E-state index contributed by atoms with van der Waals surface area (Å²) in [6.45, 7) is 6.09. The fourth-order valence-corrected chi connectivity index (χ4v) is 4.69. The second kappa shape index (κ2) is 7.44. The minimum atomic E-state index is -0.424. The molecule has 2 aromatic heterocycles. The van der Waals surface area contributed by atoms with Gasteiger partial charge in [0.2, 0.25) is 5.95 Å². The number of piperidine rings is 1. The summed E-state index contributed by atoms with van der Waals surface area (Å²) in [7, 11) is 1.82. The summed E-state index contributed by atoms with van der Waals surface area (Å²) in [5, 5.41) is 4.40. The number of benzene rings is 1. The van der Waals surface area contributed by atoms with Crippen LogP contribution < -0.4 is 4.90 Å². The highest BCUT2D eigenvalue weighted by molar-refractivity contribution is 6.00. The number of carbonyl (C=O) groups is 1. The zero-order valence-electron chi connectivity index (χ0n) is 17.9. The van der Waals surface area contributed by atoms with Gasteiger partial charge in [0.25, 0.3) is 5.91 Å². The normalized spacial score (nSPS) is 20.4. The zero-order chi connectivity index (χ0) is 21.7. The second-order valence-corrected chi connectivity index (χ2v) is 8.53. The fraction of sp³-hybridized carbons (Fsp3) is 0.391. The number of hydrogen-bond acceptors (Lipinski definition) is 5. The van der Waals surface area contributed by atoms with Crippen LogP contribution in [-0.4, -0.2) is 56.2 Å². The standard InChI is InChI=1S/C23H25FN6O/c1-14-10-15(2)26-23(25-14)30-12-16-6-9-29(13-21(16)30)22(31)19-11-17(24)4-5-18(19)20-7-8-28(3)27-20/h4-5,7-8,10-11,16,21H,6,9,12-13H2,1-3H3. The topological polar surface area (TPSA) is 67.2 Å². The Morgan fingerprint density at radius 2 is 1.87 bits per heavy atom. The Labute approximate surface area is 180 Å². The van der Waals surface area contributed by atoms with E-state index in [9.17, 15) is 9.18 Å². The van der Waals surface area contributed by atoms with Crippen molar-refractivity contribution in [2.75, 3.05) is 24.5 Å². The molecular weight excluding hydrogens is 395 g/mol. The van der Waals surface area contributed by atoms with Gasteiger partial charge in [-0.15, -0.1) is 0 Å². The van der Waals surface area contributed by atoms with E-state index in [4.69, 9.17) is 0 Å². The van der Waals surface area contributed by atoms with Crippen LogP contribution in [0.25, 0.3) is 11.3 Å². The van der Waals surface area contributed by atoms with Crippen LogP contribution >= 0.6 is 0 Å². The molecule has 0 radical (unpaired) electrons. The molecule has 3 aromatic rings. The second-order valence-electron chi connectivity index (χ2n) is 8.53. The molecule has 2 aliphatic heterocycles. The third-order valence-corrected chi connectivity index (χ3v) is 6.27. The van der Waals surface area contributed by atoms with Crippen molar-refractivity contribution >= 4 is 11.9 Å². The van der Waals surface area contributed by atoms with Gasteiger partial charge in [-0.3, -0.25) is 9.48 Å². The van der Waals surface area contributed by atoms with E-state index < -0.39 is 5.82 Å². The Kier molecular flexibility index (Phi) is 4.72. The monoisotopic (exact) mass is 420 g/mol. The van der Waals surface area contributed by atoms with E-state index in [1.807, 2.05) is 44.1 Å². The highest BCUT2D eigenvalue weighted by Crippen LogP contribution is 2.36. The van der Waals surface area contributed by atoms with Crippen LogP contribution in [0.15, 0.2) is 36.5 Å². The van der Waals surface area contributed by atoms with Gasteiger partial charge in [-0.05, 0) is 50.6 Å². The van der Waals surface area contributed by atoms with Gasteiger partial charge in [0.15, 0.2) is 0 Å². The average molecular weight is 420 g/mol. The number of likely N-dealkylation sites (tertiary alicyclic amines) is 1. The van der Waals surface area contributed by atoms with E-state index in [1.165, 1.54) is 12.1 Å². The third kappa shape index (κ3) is 3.56. The number of aromatic nitrogens is 4. The lowest BCUT2D eigenvalue weighted by atomic mass is 9.82. The summed E-state index contributed by atoms with van der Waals surface area (Å²) in [6, 6.07) is 8.31. The van der Waals surface area contributed by atoms with Gasteiger partial charge >= 0.3 is 0 Å². The molecule has 160 valence electrons. The summed E-state index contributed by atoms with van der Waals surface area (Å²) in [5.41, 5.74) is 3.54. The predicted octanol–water partition coefficient (Wildman–Crippen LogP) is 2.98. The molecule has 2 aliphatic rings. The highest BCUT2D eigenvalue weighted by atomic mass is 19.1. The Bertz CT molecular complexity index is 1140. The summed E-state index contributed by atoms with van der Waals surface area (Å²) >= 11 is 0. The maximum absolute atomic E-state index is 14.1. The van der Waals surface area contributed by atoms with E-state index in [-0.39, 0.29) is 11.9 Å². The minimum absolute atomic E-state index is 0.160. The molecule has 8 heteroatoms. The predicted molar refractivity (Wildman–Crippen MR) is 115 cm³/mol. The molecule has 0 N–H and O–H groups in total. The molecule has 1 amide bonds. The van der Waals surface area contributed by atoms with Crippen molar-refractivity contribution in [1.29, 1.82) is 0 Å². The van der Waals surface area contributed by atoms with Crippen molar-refractivity contribution in [3.8, 4) is 11.3 Å². The summed E-state index contributed by atoms with van der Waals surface area (Å²) < 4.78 is 15.8. The quantitative estimate of drug-likeness (QED) is 0.652. The zero-order valence-corrected chi connectivity index (χ0v) is 17.9. The number of anilines is 1. The first-order valence-electron chi connectivity index (χ1n) is 10.6. The van der Waals surface area contributed by atoms with Gasteiger partial charge < -0.3 is 9.80 Å². The van der Waals surface area contributed by atoms with E-state index >= 15 is 0 Å². The molecule has 2 saturated heterocycles. The fourth-order valence-electron chi connectivity index (χ4n) is 4.69. The molecule has 2 atom stereocenters. The Morgan fingerprint density at radius 1 is 1.10 bits per heavy atom. The largest absolute Gasteiger partial charge is 0.337 e. The highest BCUT2D eigenvalue weighted by Gasteiger charge is 2.45. The van der Waals surface area contributed by atoms with Crippen LogP contribution in [-0.2, 0) is 7.05 Å². The molecule has 1 aromatic carbocycles. The molecule has 2 fully saturated rings. The van der Waals surface area contributed by atoms with Gasteiger partial charge in [0.05, 0.1) is 17.3 Å². The number of carbonyl (C=O) groups excluding carboxylic acids is 1. The molecule has 7 nitrogen and oxygen atoms in total. The van der Waals surface area contributed by atoms with E-state index in [0.717, 1.165) is 30.3 Å². The van der Waals surface area contributed by atoms with Crippen LogP contribution in [0, 0.1) is 25.6 Å². The van der Waals surface area contributed by atoms with Gasteiger partial charge in [0, 0.05) is 55.7 Å². The van der Waals surface area contributed by atoms with Crippen molar-refractivity contribution < 1.29 is 9.18 Å². The van der Waals surface area contributed by atoms with Crippen LogP contribution in [0.1, 0.15) is 28.2 Å². The van der Waals surface area contributed by atoms with Crippen LogP contribution in [0.4, 0.5) is 10.3 Å². The van der Waals surface area contributed by atoms with E-state index in [1.54, 1.807) is 10.7 Å². The number of aryl methyl sites for hydroxylation is 3. The number of halogens is 1. The van der Waals surface area contributed by atoms with Gasteiger partial charge in [-0.1, -0.05) is 0 Å². The molecule has 2 unspecified atom stereocenters. The van der Waals surface area contributed by atoms with Crippen molar-refractivity contribution in [1.82, 2.24) is 24.6 Å². The Morgan fingerprint density at radius 3 is 2.58 bits per heavy atom. The molecule has 4 heterocycles. The summed E-state index contributed by atoms with van der Waals surface area (Å²) in [4.78, 5) is 26.7. The lowest BCUT2D eigenvalue weighted by Gasteiger charge is -2.53. The number of nitrogens with zero attached hydrogens (tertiary/aromatic N) is 6. The SMILES string of the molecule is Cc1cc(C)nc(N2CC3CCN(C(=O)c4cc(F)ccc4-c4ccn(C)n4)CC32)n1. The van der Waals surface area contributed by atoms with Crippen LogP contribution in [0.2, 0.25) is 0 Å². The summed E-state index contributed by atoms with van der Waals surface area (Å²) in [5.74, 6) is 0.669. The van der Waals surface area contributed by atoms with Gasteiger partial charge in [0.1, 0.15) is 5.82 Å². The van der Waals surface area contributed by atoms with Crippen molar-refractivity contribution in [3.05, 3.63) is 59.3 Å². The maximum Gasteiger partial charge on any atom is 0.254 e. The lowest BCUT2D eigenvalue weighted by Crippen LogP contribution is -2.65. The number of amides is 1. The molecule has 31 heavy (non-hydrogen) atoms. The van der Waals surface area contributed by atoms with Crippen molar-refractivity contribution in [2.45, 2.75) is 26.3 Å². The molecule has 0 bridgehead atoms. The first-order chi connectivity index (χ1) is 14.9. The maximum atomic E-state index is 14.1. The van der Waals surface area contributed by atoms with E-state index in [0.29, 0.717) is 35.8 Å². The van der Waals surface area contributed by atoms with Crippen LogP contribution in [0.3, 0.4) is 0 Å². The van der Waals surface area contributed by atoms with Crippen LogP contribution in [0.5, 0.6) is 0 Å². The van der Waals surface area contributed by atoms with Gasteiger partial charge in [-0.25, -0.2) is 14.4 Å². The number of fused-ring (bicyclic) bond motifs is 1. The van der Waals surface area contributed by atoms with Crippen molar-refractivity contribution in [2.24, 2.45) is 13.0 Å². The number of hydrogen-bond donors (Lipinski definition) is 0. The minimum Gasteiger partial charge on any atom is -0.337 e. The molecule has 0 saturated carbocycles. The first-order valence-corrected chi connectivity index (χ1v) is 10.6. The Hall–Kier alpha value is -3.29. The van der Waals surface area contributed by atoms with Gasteiger partial charge in [-0.2, -0.15) is 5.10 Å². The third-order valence-electron chi connectivity index (χ3n) is 6.27. The molecule has 0 aliphatic carbocycles. The first kappa shape index (κ1) is 19.7. The lowest BCUT2D eigenvalue weighted by molar-refractivity contribution is 0.0589. The smallest absolute Gasteiger partial charge is 0.254 e. The Balaban J connectivity index is 1.40. The summed E-state index contributed by atoms with van der Waals surface area (Å²) in [6.07, 6.45) is 2.74. The average Bonchev–Trinajstić information content (AvgIpc) is 3.13. The number of rotatable bonds is 3. The van der Waals surface area contributed by atoms with E-state index in [2.05, 4.69) is 20.0 Å².